The summed E-state index contributed by atoms with van der Waals surface area (Å²) < 4.78 is 0. The lowest BCUT2D eigenvalue weighted by atomic mass is 10.1. The molecule has 8 heteroatoms. The van der Waals surface area contributed by atoms with Crippen molar-refractivity contribution in [2.45, 2.75) is 38.5 Å². The van der Waals surface area contributed by atoms with E-state index in [4.69, 9.17) is 5.11 Å². The average Bonchev–Trinajstić information content (AvgIpc) is 2.31. The summed E-state index contributed by atoms with van der Waals surface area (Å²) in [5.74, 6) is -0.988. The van der Waals surface area contributed by atoms with Crippen molar-refractivity contribution in [3.63, 3.8) is 0 Å². The van der Waals surface area contributed by atoms with Crippen LogP contribution in [0.15, 0.2) is 5.10 Å². The molecule has 0 aromatic rings. The van der Waals surface area contributed by atoms with Crippen molar-refractivity contribution in [1.29, 1.82) is 0 Å². The fourth-order valence-electron chi connectivity index (χ4n) is 1.51. The van der Waals surface area contributed by atoms with Crippen LogP contribution in [0.4, 0.5) is 0 Å². The van der Waals surface area contributed by atoms with E-state index in [1.807, 2.05) is 0 Å². The Kier molecular flexibility index (Phi) is 7.23. The highest BCUT2D eigenvalue weighted by Crippen LogP contribution is 2.06. The second-order valence-electron chi connectivity index (χ2n) is 3.79. The van der Waals surface area contributed by atoms with E-state index in [-0.39, 0.29) is 5.71 Å². The number of nitrogens with zero attached hydrogens (tertiary/aromatic N) is 1. The van der Waals surface area contributed by atoms with E-state index in [0.29, 0.717) is 6.42 Å². The highest BCUT2D eigenvalue weighted by Gasteiger charge is 2.08. The van der Waals surface area contributed by atoms with Crippen molar-refractivity contribution in [1.82, 2.24) is 27.6 Å². The lowest BCUT2D eigenvalue weighted by Gasteiger charge is -2.10. The van der Waals surface area contributed by atoms with Crippen LogP contribution in [-0.4, -0.2) is 23.3 Å². The van der Waals surface area contributed by atoms with E-state index in [0.717, 1.165) is 38.6 Å². The smallest absolute Gasteiger partial charge is 0.352 e. The Hall–Kier alpha value is -1.22. The number of hydrogen-bond acceptors (Lipinski definition) is 7. The molecule has 0 spiro atoms. The molecule has 17 heavy (non-hydrogen) atoms. The fraction of sp³-hybridized carbons (Fsp3) is 0.778. The number of carboxylic acid groups (broad SMARTS) is 1. The van der Waals surface area contributed by atoms with Crippen LogP contribution in [0.3, 0.4) is 0 Å². The summed E-state index contributed by atoms with van der Waals surface area (Å²) in [5.41, 5.74) is 13.3. The molecule has 1 heterocycles. The molecule has 8 nitrogen and oxygen atoms in total. The molecule has 1 aliphatic heterocycles. The van der Waals surface area contributed by atoms with Gasteiger partial charge in [0.1, 0.15) is 5.71 Å². The van der Waals surface area contributed by atoms with Crippen molar-refractivity contribution in [2.24, 2.45) is 5.10 Å². The van der Waals surface area contributed by atoms with Crippen LogP contribution >= 0.6 is 0 Å². The maximum atomic E-state index is 10.8. The van der Waals surface area contributed by atoms with Gasteiger partial charge < -0.3 is 5.11 Å². The van der Waals surface area contributed by atoms with Crippen LogP contribution in [-0.2, 0) is 4.79 Å². The summed E-state index contributed by atoms with van der Waals surface area (Å²) in [6, 6.07) is 0. The predicted molar refractivity (Wildman–Crippen MR) is 63.3 cm³/mol. The van der Waals surface area contributed by atoms with Crippen LogP contribution < -0.4 is 27.6 Å². The van der Waals surface area contributed by atoms with Gasteiger partial charge in [-0.05, 0) is 19.3 Å². The molecule has 1 aliphatic rings. The molecule has 98 valence electrons. The molecule has 0 fully saturated rings. The zero-order chi connectivity index (χ0) is 12.3. The molecule has 0 atom stereocenters. The Bertz CT molecular complexity index is 258. The molecule has 0 aromatic heterocycles. The Morgan fingerprint density at radius 2 is 1.82 bits per heavy atom. The quantitative estimate of drug-likeness (QED) is 0.365. The number of aliphatic carboxylic acids is 1. The van der Waals surface area contributed by atoms with Crippen molar-refractivity contribution in [3.8, 4) is 0 Å². The second-order valence-corrected chi connectivity index (χ2v) is 3.79. The number of carboxylic acids is 1. The van der Waals surface area contributed by atoms with Crippen LogP contribution in [0.1, 0.15) is 38.5 Å². The van der Waals surface area contributed by atoms with Crippen LogP contribution in [0.25, 0.3) is 0 Å². The molecule has 0 amide bonds. The lowest BCUT2D eigenvalue weighted by Crippen LogP contribution is -2.54. The number of carbonyl (C=O) groups is 1. The first kappa shape index (κ1) is 13.8. The second kappa shape index (κ2) is 8.88. The number of rotatable bonds is 1. The van der Waals surface area contributed by atoms with Gasteiger partial charge in [0.05, 0.1) is 0 Å². The number of hydrazine groups is 4. The normalized spacial score (nSPS) is 23.9. The maximum absolute atomic E-state index is 10.8. The molecule has 0 bridgehead atoms. The summed E-state index contributed by atoms with van der Waals surface area (Å²) in [4.78, 5) is 10.8. The first-order valence-corrected chi connectivity index (χ1v) is 5.83. The van der Waals surface area contributed by atoms with Gasteiger partial charge in [-0.15, -0.1) is 5.53 Å². The lowest BCUT2D eigenvalue weighted by molar-refractivity contribution is -0.129. The highest BCUT2D eigenvalue weighted by atomic mass is 16.4. The molecule has 0 radical (unpaired) electrons. The maximum Gasteiger partial charge on any atom is 0.352 e. The van der Waals surface area contributed by atoms with Crippen molar-refractivity contribution < 1.29 is 9.90 Å². The van der Waals surface area contributed by atoms with Crippen molar-refractivity contribution in [3.05, 3.63) is 0 Å². The molecule has 0 saturated carbocycles. The predicted octanol–water partition coefficient (Wildman–Crippen LogP) is -0.611. The third-order valence-electron chi connectivity index (χ3n) is 2.42. The highest BCUT2D eigenvalue weighted by molar-refractivity contribution is 6.35. The molecular formula is C9H20N6O2. The Balaban J connectivity index is 2.38. The van der Waals surface area contributed by atoms with Gasteiger partial charge in [-0.1, -0.05) is 19.3 Å². The molecule has 0 aromatic carbocycles. The number of hydrogen-bond donors (Lipinski definition) is 6. The van der Waals surface area contributed by atoms with Crippen LogP contribution in [0.2, 0.25) is 0 Å². The van der Waals surface area contributed by atoms with Crippen LogP contribution in [0.5, 0.6) is 0 Å². The number of hydrazone groups is 1. The van der Waals surface area contributed by atoms with E-state index in [2.05, 4.69) is 32.7 Å². The van der Waals surface area contributed by atoms with Gasteiger partial charge >= 0.3 is 5.97 Å². The van der Waals surface area contributed by atoms with Gasteiger partial charge in [-0.25, -0.2) is 15.8 Å². The third-order valence-corrected chi connectivity index (χ3v) is 2.42. The van der Waals surface area contributed by atoms with Crippen molar-refractivity contribution >= 4 is 11.7 Å². The molecule has 0 saturated heterocycles. The van der Waals surface area contributed by atoms with Gasteiger partial charge in [-0.2, -0.15) is 16.2 Å². The van der Waals surface area contributed by atoms with Gasteiger partial charge in [0.2, 0.25) is 0 Å². The Morgan fingerprint density at radius 3 is 2.65 bits per heavy atom. The number of nitrogens with one attached hydrogen (secondary N) is 5. The first-order chi connectivity index (χ1) is 8.30. The fourth-order valence-corrected chi connectivity index (χ4v) is 1.51. The minimum absolute atomic E-state index is 0.129. The van der Waals surface area contributed by atoms with Gasteiger partial charge in [0.25, 0.3) is 0 Å². The first-order valence-electron chi connectivity index (χ1n) is 5.83. The Labute approximate surface area is 100 Å². The minimum Gasteiger partial charge on any atom is -0.477 e. The largest absolute Gasteiger partial charge is 0.477 e. The zero-order valence-corrected chi connectivity index (χ0v) is 9.75. The summed E-state index contributed by atoms with van der Waals surface area (Å²) >= 11 is 0. The monoisotopic (exact) mass is 244 g/mol. The van der Waals surface area contributed by atoms with Crippen LogP contribution in [0, 0.1) is 0 Å². The van der Waals surface area contributed by atoms with E-state index in [1.165, 1.54) is 0 Å². The SMILES string of the molecule is O=C(O)/C1=N/NNNNNCCCCCCC1. The molecule has 0 unspecified atom stereocenters. The molecule has 6 N–H and O–H groups in total. The summed E-state index contributed by atoms with van der Waals surface area (Å²) in [5, 5.41) is 12.6. The average molecular weight is 244 g/mol. The standard InChI is InChI=1S/C9H20N6O2/c16-9(17)8-6-4-2-1-3-5-7-10-12-14-15-13-11-8/h10,12-15H,1-7H2,(H,16,17)/b11-8+. The van der Waals surface area contributed by atoms with E-state index in [1.54, 1.807) is 0 Å². The van der Waals surface area contributed by atoms with Gasteiger partial charge in [0.15, 0.2) is 0 Å². The van der Waals surface area contributed by atoms with E-state index < -0.39 is 5.97 Å². The molecule has 0 aliphatic carbocycles. The van der Waals surface area contributed by atoms with E-state index in [9.17, 15) is 4.79 Å². The molecule has 1 rings (SSSR count). The van der Waals surface area contributed by atoms with E-state index >= 15 is 0 Å². The molecular weight excluding hydrogens is 224 g/mol. The van der Waals surface area contributed by atoms with Gasteiger partial charge in [-0.3, -0.25) is 0 Å². The summed E-state index contributed by atoms with van der Waals surface area (Å²) in [6.45, 7) is 0.873. The zero-order valence-electron chi connectivity index (χ0n) is 9.75. The Morgan fingerprint density at radius 1 is 1.06 bits per heavy atom. The minimum atomic E-state index is -0.988. The van der Waals surface area contributed by atoms with Gasteiger partial charge in [0, 0.05) is 6.54 Å². The summed E-state index contributed by atoms with van der Waals surface area (Å²) in [6.07, 6.45) is 5.71. The van der Waals surface area contributed by atoms with Crippen molar-refractivity contribution in [2.75, 3.05) is 6.54 Å². The topological polar surface area (TPSA) is 110 Å². The summed E-state index contributed by atoms with van der Waals surface area (Å²) in [7, 11) is 0. The third kappa shape index (κ3) is 6.84.